The van der Waals surface area contributed by atoms with Crippen LogP contribution in [0.3, 0.4) is 0 Å². The lowest BCUT2D eigenvalue weighted by Crippen LogP contribution is -2.38. The van der Waals surface area contributed by atoms with Gasteiger partial charge in [-0.3, -0.25) is 14.6 Å². The van der Waals surface area contributed by atoms with Gasteiger partial charge in [0.25, 0.3) is 11.8 Å². The van der Waals surface area contributed by atoms with Crippen LogP contribution >= 0.6 is 0 Å². The van der Waals surface area contributed by atoms with E-state index in [-0.39, 0.29) is 11.8 Å². The molecule has 6 nitrogen and oxygen atoms in total. The number of para-hydroxylation sites is 1. The molecule has 4 rings (SSSR count). The van der Waals surface area contributed by atoms with Gasteiger partial charge in [-0.25, -0.2) is 9.82 Å². The highest BCUT2D eigenvalue weighted by atomic mass is 19.1. The lowest BCUT2D eigenvalue weighted by Gasteiger charge is -2.20. The third-order valence-electron chi connectivity index (χ3n) is 5.19. The van der Waals surface area contributed by atoms with Gasteiger partial charge in [0.05, 0.1) is 11.3 Å². The van der Waals surface area contributed by atoms with Gasteiger partial charge in [-0.2, -0.15) is 0 Å². The first-order chi connectivity index (χ1) is 14.0. The van der Waals surface area contributed by atoms with Crippen LogP contribution in [0, 0.1) is 5.82 Å². The fourth-order valence-electron chi connectivity index (χ4n) is 3.57. The van der Waals surface area contributed by atoms with Crippen molar-refractivity contribution >= 4 is 28.3 Å². The summed E-state index contributed by atoms with van der Waals surface area (Å²) in [5.74, 6) is -0.947. The van der Waals surface area contributed by atoms with Gasteiger partial charge in [-0.1, -0.05) is 18.2 Å². The van der Waals surface area contributed by atoms with Crippen molar-refractivity contribution in [1.82, 2.24) is 20.3 Å². The van der Waals surface area contributed by atoms with E-state index in [1.165, 1.54) is 34.2 Å². The topological polar surface area (TPSA) is 68.4 Å². The number of hydrogen-bond donors (Lipinski definition) is 2. The lowest BCUT2D eigenvalue weighted by atomic mass is 10.0. The largest absolute Gasteiger partial charge is 0.354 e. The lowest BCUT2D eigenvalue weighted by molar-refractivity contribution is -0.126. The maximum atomic E-state index is 13.2. The Hall–Kier alpha value is -3.45. The molecule has 0 saturated heterocycles. The first-order valence-corrected chi connectivity index (χ1v) is 9.33. The smallest absolute Gasteiger partial charge is 0.271 e. The Morgan fingerprint density at radius 3 is 2.59 bits per heavy atom. The van der Waals surface area contributed by atoms with E-state index in [1.807, 2.05) is 24.3 Å². The summed E-state index contributed by atoms with van der Waals surface area (Å²) in [5.41, 5.74) is 6.23. The van der Waals surface area contributed by atoms with Gasteiger partial charge in [0, 0.05) is 43.3 Å². The predicted molar refractivity (Wildman–Crippen MR) is 109 cm³/mol. The van der Waals surface area contributed by atoms with Gasteiger partial charge in [0.1, 0.15) is 5.82 Å². The third kappa shape index (κ3) is 3.40. The molecule has 2 aromatic carbocycles. The molecule has 148 valence electrons. The number of aromatic amines is 1. The highest BCUT2D eigenvalue weighted by molar-refractivity contribution is 6.20. The third-order valence-corrected chi connectivity index (χ3v) is 5.19. The van der Waals surface area contributed by atoms with Gasteiger partial charge in [-0.15, -0.1) is 0 Å². The Morgan fingerprint density at radius 1 is 1.14 bits per heavy atom. The number of fused-ring (bicyclic) bond motifs is 3. The van der Waals surface area contributed by atoms with E-state index in [1.54, 1.807) is 20.3 Å². The van der Waals surface area contributed by atoms with Crippen molar-refractivity contribution in [2.75, 3.05) is 20.6 Å². The standard InChI is InChI=1S/C22H21FN4O2/c1-24-26(2)22(29)18-13-27(21(28)14-7-9-15(23)10-8-14)12-11-17-16-5-3-4-6-19(16)25-20(17)18/h3-10,13,24-25H,11-12H2,1-2H3. The summed E-state index contributed by atoms with van der Waals surface area (Å²) < 4.78 is 13.2. The van der Waals surface area contributed by atoms with E-state index >= 15 is 0 Å². The predicted octanol–water partition coefficient (Wildman–Crippen LogP) is 2.94. The number of halogens is 1. The molecular formula is C22H21FN4O2. The summed E-state index contributed by atoms with van der Waals surface area (Å²) in [6.45, 7) is 0.408. The average Bonchev–Trinajstić information content (AvgIpc) is 3.00. The molecule has 0 unspecified atom stereocenters. The minimum Gasteiger partial charge on any atom is -0.354 e. The van der Waals surface area contributed by atoms with Crippen LogP contribution in [0.4, 0.5) is 4.39 Å². The SMILES string of the molecule is CNN(C)C(=O)C1=CN(C(=O)c2ccc(F)cc2)CCc2c1[nH]c1ccccc21. The van der Waals surface area contributed by atoms with Crippen LogP contribution in [0.15, 0.2) is 54.7 Å². The molecule has 0 spiro atoms. The number of aromatic nitrogens is 1. The highest BCUT2D eigenvalue weighted by Crippen LogP contribution is 2.31. The molecule has 2 amide bonds. The van der Waals surface area contributed by atoms with Crippen molar-refractivity contribution < 1.29 is 14.0 Å². The van der Waals surface area contributed by atoms with E-state index < -0.39 is 5.82 Å². The minimum absolute atomic E-state index is 0.265. The monoisotopic (exact) mass is 392 g/mol. The molecular weight excluding hydrogens is 371 g/mol. The molecule has 2 heterocycles. The van der Waals surface area contributed by atoms with Crippen molar-refractivity contribution in [2.45, 2.75) is 6.42 Å². The number of H-pyrrole nitrogens is 1. The molecule has 0 saturated carbocycles. The Morgan fingerprint density at radius 2 is 1.86 bits per heavy atom. The quantitative estimate of drug-likeness (QED) is 0.674. The summed E-state index contributed by atoms with van der Waals surface area (Å²) in [5, 5.41) is 2.40. The van der Waals surface area contributed by atoms with Crippen molar-refractivity contribution in [3.63, 3.8) is 0 Å². The number of carbonyl (C=O) groups excluding carboxylic acids is 2. The molecule has 1 aliphatic heterocycles. The Kier molecular flexibility index (Phi) is 4.90. The average molecular weight is 392 g/mol. The molecule has 0 fully saturated rings. The number of benzene rings is 2. The normalized spacial score (nSPS) is 13.6. The summed E-state index contributed by atoms with van der Waals surface area (Å²) in [7, 11) is 3.28. The number of hydrazine groups is 1. The number of carbonyl (C=O) groups is 2. The van der Waals surface area contributed by atoms with Crippen LogP contribution in [-0.4, -0.2) is 47.3 Å². The molecule has 0 atom stereocenters. The van der Waals surface area contributed by atoms with Crippen LogP contribution in [-0.2, 0) is 11.2 Å². The molecule has 29 heavy (non-hydrogen) atoms. The second-order valence-electron chi connectivity index (χ2n) is 6.91. The van der Waals surface area contributed by atoms with Crippen LogP contribution in [0.1, 0.15) is 21.6 Å². The minimum atomic E-state index is -0.402. The zero-order valence-corrected chi connectivity index (χ0v) is 16.2. The van der Waals surface area contributed by atoms with Gasteiger partial charge in [0.15, 0.2) is 0 Å². The van der Waals surface area contributed by atoms with Crippen molar-refractivity contribution in [1.29, 1.82) is 0 Å². The molecule has 3 aromatic rings. The number of rotatable bonds is 3. The molecule has 0 aliphatic carbocycles. The van der Waals surface area contributed by atoms with Gasteiger partial charge in [0.2, 0.25) is 0 Å². The second-order valence-corrected chi connectivity index (χ2v) is 6.91. The fraction of sp³-hybridized carbons (Fsp3) is 0.182. The number of hydrogen-bond acceptors (Lipinski definition) is 3. The molecule has 0 radical (unpaired) electrons. The summed E-state index contributed by atoms with van der Waals surface area (Å²) in [6, 6.07) is 13.3. The van der Waals surface area contributed by atoms with Gasteiger partial charge >= 0.3 is 0 Å². The Balaban J connectivity index is 1.81. The maximum Gasteiger partial charge on any atom is 0.271 e. The summed E-state index contributed by atoms with van der Waals surface area (Å²) >= 11 is 0. The second kappa shape index (κ2) is 7.52. The van der Waals surface area contributed by atoms with E-state index in [9.17, 15) is 14.0 Å². The van der Waals surface area contributed by atoms with E-state index in [0.29, 0.717) is 29.8 Å². The molecule has 7 heteroatoms. The molecule has 1 aliphatic rings. The highest BCUT2D eigenvalue weighted by Gasteiger charge is 2.28. The van der Waals surface area contributed by atoms with Crippen LogP contribution in [0.5, 0.6) is 0 Å². The first-order valence-electron chi connectivity index (χ1n) is 9.33. The first kappa shape index (κ1) is 18.9. The molecule has 1 aromatic heterocycles. The van der Waals surface area contributed by atoms with Crippen molar-refractivity contribution in [2.24, 2.45) is 0 Å². The molecule has 0 bridgehead atoms. The van der Waals surface area contributed by atoms with Gasteiger partial charge < -0.3 is 9.88 Å². The maximum absolute atomic E-state index is 13.2. The number of nitrogens with one attached hydrogen (secondary N) is 2. The van der Waals surface area contributed by atoms with Crippen LogP contribution < -0.4 is 5.43 Å². The van der Waals surface area contributed by atoms with Crippen molar-refractivity contribution in [3.05, 3.63) is 77.4 Å². The summed E-state index contributed by atoms with van der Waals surface area (Å²) in [4.78, 5) is 30.9. The number of nitrogens with zero attached hydrogens (tertiary/aromatic N) is 2. The Labute approximate surface area is 167 Å². The zero-order chi connectivity index (χ0) is 20.5. The van der Waals surface area contributed by atoms with E-state index in [0.717, 1.165) is 16.5 Å². The van der Waals surface area contributed by atoms with Crippen LogP contribution in [0.25, 0.3) is 16.5 Å². The van der Waals surface area contributed by atoms with Gasteiger partial charge in [-0.05, 0) is 42.3 Å². The van der Waals surface area contributed by atoms with E-state index in [2.05, 4.69) is 10.4 Å². The Bertz CT molecular complexity index is 1120. The van der Waals surface area contributed by atoms with Crippen molar-refractivity contribution in [3.8, 4) is 0 Å². The summed E-state index contributed by atoms with van der Waals surface area (Å²) in [6.07, 6.45) is 2.17. The fourth-order valence-corrected chi connectivity index (χ4v) is 3.57. The van der Waals surface area contributed by atoms with E-state index in [4.69, 9.17) is 0 Å². The molecule has 2 N–H and O–H groups in total. The van der Waals surface area contributed by atoms with Crippen LogP contribution in [0.2, 0.25) is 0 Å². The number of amides is 2. The number of likely N-dealkylation sites (N-methyl/N-ethyl adjacent to an activating group) is 1. The zero-order valence-electron chi connectivity index (χ0n) is 16.2.